The summed E-state index contributed by atoms with van der Waals surface area (Å²) < 4.78 is 7.85. The molecule has 5 rings (SSSR count). The number of amides is 1. The van der Waals surface area contributed by atoms with Crippen LogP contribution in [0.5, 0.6) is 0 Å². The molecular weight excluding hydrogens is 400 g/mol. The van der Waals surface area contributed by atoms with Crippen molar-refractivity contribution in [3.05, 3.63) is 66.1 Å². The van der Waals surface area contributed by atoms with Crippen LogP contribution in [0.1, 0.15) is 43.0 Å². The monoisotopic (exact) mass is 432 g/mol. The maximum absolute atomic E-state index is 12.9. The molecule has 0 aliphatic carbocycles. The molecule has 2 aliphatic rings. The predicted molar refractivity (Wildman–Crippen MR) is 125 cm³/mol. The zero-order valence-corrected chi connectivity index (χ0v) is 18.7. The van der Waals surface area contributed by atoms with E-state index in [9.17, 15) is 4.79 Å². The highest BCUT2D eigenvalue weighted by atomic mass is 16.5. The average Bonchev–Trinajstić information content (AvgIpc) is 3.47. The molecule has 0 bridgehead atoms. The van der Waals surface area contributed by atoms with Gasteiger partial charge in [0.05, 0.1) is 11.7 Å². The lowest BCUT2D eigenvalue weighted by Crippen LogP contribution is -2.45. The van der Waals surface area contributed by atoms with Crippen LogP contribution in [0.4, 0.5) is 0 Å². The van der Waals surface area contributed by atoms with Crippen molar-refractivity contribution in [2.75, 3.05) is 19.7 Å². The molecule has 168 valence electrons. The van der Waals surface area contributed by atoms with Crippen molar-refractivity contribution in [3.63, 3.8) is 0 Å². The molecule has 4 heterocycles. The summed E-state index contributed by atoms with van der Waals surface area (Å²) in [5.74, 6) is 0.323. The lowest BCUT2D eigenvalue weighted by molar-refractivity contribution is -0.131. The Morgan fingerprint density at radius 2 is 2.06 bits per heavy atom. The third-order valence-corrected chi connectivity index (χ3v) is 6.91. The lowest BCUT2D eigenvalue weighted by Gasteiger charge is -2.37. The first-order valence-electron chi connectivity index (χ1n) is 11.8. The number of hydrogen-bond acceptors (Lipinski definition) is 4. The third-order valence-electron chi connectivity index (χ3n) is 6.91. The maximum atomic E-state index is 12.9. The number of rotatable bonds is 6. The minimum atomic E-state index is -0.323. The minimum Gasteiger partial charge on any atom is -0.368 e. The van der Waals surface area contributed by atoms with E-state index in [4.69, 9.17) is 4.74 Å². The van der Waals surface area contributed by atoms with E-state index in [1.807, 2.05) is 24.4 Å². The van der Waals surface area contributed by atoms with Gasteiger partial charge in [0.25, 0.3) is 0 Å². The first-order valence-corrected chi connectivity index (χ1v) is 11.8. The van der Waals surface area contributed by atoms with E-state index >= 15 is 0 Å². The summed E-state index contributed by atoms with van der Waals surface area (Å²) in [6.45, 7) is 3.62. The summed E-state index contributed by atoms with van der Waals surface area (Å²) in [4.78, 5) is 20.1. The highest BCUT2D eigenvalue weighted by molar-refractivity contribution is 5.84. The molecule has 3 aromatic rings. The number of likely N-dealkylation sites (tertiary alicyclic amines) is 1. The SMILES string of the molecule is Cn1cc(CN2CCC[C@H]([C@@H](NC(=O)[C@H]3CCCO3)c3ccccn3)C2)c2ccccc21. The molecular formula is C26H32N4O2. The maximum Gasteiger partial charge on any atom is 0.249 e. The van der Waals surface area contributed by atoms with E-state index in [0.717, 1.165) is 51.0 Å². The molecule has 2 aliphatic heterocycles. The number of piperidine rings is 1. The van der Waals surface area contributed by atoms with Gasteiger partial charge in [0.15, 0.2) is 0 Å². The second kappa shape index (κ2) is 9.43. The van der Waals surface area contributed by atoms with Gasteiger partial charge in [-0.3, -0.25) is 14.7 Å². The van der Waals surface area contributed by atoms with Crippen LogP contribution < -0.4 is 5.32 Å². The van der Waals surface area contributed by atoms with Crippen molar-refractivity contribution in [1.82, 2.24) is 19.8 Å². The molecule has 3 atom stereocenters. The van der Waals surface area contributed by atoms with E-state index in [1.54, 1.807) is 0 Å². The number of hydrogen-bond donors (Lipinski definition) is 1. The van der Waals surface area contributed by atoms with Crippen molar-refractivity contribution < 1.29 is 9.53 Å². The van der Waals surface area contributed by atoms with Gasteiger partial charge >= 0.3 is 0 Å². The molecule has 1 amide bonds. The molecule has 0 spiro atoms. The molecule has 0 saturated carbocycles. The largest absolute Gasteiger partial charge is 0.368 e. The molecule has 2 aromatic heterocycles. The van der Waals surface area contributed by atoms with Crippen LogP contribution in [0.25, 0.3) is 10.9 Å². The summed E-state index contributed by atoms with van der Waals surface area (Å²) in [7, 11) is 2.11. The number of aromatic nitrogens is 2. The Balaban J connectivity index is 1.34. The number of aryl methyl sites for hydroxylation is 1. The van der Waals surface area contributed by atoms with Gasteiger partial charge in [-0.05, 0) is 61.9 Å². The van der Waals surface area contributed by atoms with E-state index in [-0.39, 0.29) is 18.1 Å². The van der Waals surface area contributed by atoms with Crippen molar-refractivity contribution in [2.45, 2.75) is 44.4 Å². The van der Waals surface area contributed by atoms with Crippen molar-refractivity contribution in [3.8, 4) is 0 Å². The molecule has 2 fully saturated rings. The average molecular weight is 433 g/mol. The van der Waals surface area contributed by atoms with E-state index in [2.05, 4.69) is 57.3 Å². The standard InChI is InChI=1S/C26H32N4O2/c1-29-16-20(21-9-2-3-11-23(21)29)18-30-14-6-8-19(17-30)25(22-10-4-5-13-27-22)28-26(31)24-12-7-15-32-24/h2-5,9-11,13,16,19,24-25H,6-8,12,14-15,17-18H2,1H3,(H,28,31)/t19-,24+,25+/m0/s1. The van der Waals surface area contributed by atoms with Crippen LogP contribution in [0, 0.1) is 5.92 Å². The fourth-order valence-electron chi connectivity index (χ4n) is 5.32. The molecule has 32 heavy (non-hydrogen) atoms. The Morgan fingerprint density at radius 3 is 2.88 bits per heavy atom. The predicted octanol–water partition coefficient (Wildman–Crippen LogP) is 3.82. The highest BCUT2D eigenvalue weighted by Crippen LogP contribution is 2.31. The molecule has 0 radical (unpaired) electrons. The van der Waals surface area contributed by atoms with Gasteiger partial charge in [-0.15, -0.1) is 0 Å². The Hall–Kier alpha value is -2.70. The Kier molecular flexibility index (Phi) is 6.23. The number of para-hydroxylation sites is 1. The topological polar surface area (TPSA) is 59.4 Å². The first kappa shape index (κ1) is 21.2. The number of nitrogens with one attached hydrogen (secondary N) is 1. The zero-order valence-electron chi connectivity index (χ0n) is 18.7. The number of ether oxygens (including phenoxy) is 1. The van der Waals surface area contributed by atoms with E-state index in [1.165, 1.54) is 16.5 Å². The fourth-order valence-corrected chi connectivity index (χ4v) is 5.32. The van der Waals surface area contributed by atoms with Crippen LogP contribution >= 0.6 is 0 Å². The molecule has 6 heteroatoms. The smallest absolute Gasteiger partial charge is 0.249 e. The first-order chi connectivity index (χ1) is 15.7. The van der Waals surface area contributed by atoms with Crippen molar-refractivity contribution in [2.24, 2.45) is 13.0 Å². The second-order valence-electron chi connectivity index (χ2n) is 9.16. The van der Waals surface area contributed by atoms with Gasteiger partial charge < -0.3 is 14.6 Å². The molecule has 2 saturated heterocycles. The van der Waals surface area contributed by atoms with Crippen LogP contribution in [0.2, 0.25) is 0 Å². The number of benzene rings is 1. The summed E-state index contributed by atoms with van der Waals surface area (Å²) >= 11 is 0. The number of fused-ring (bicyclic) bond motifs is 1. The van der Waals surface area contributed by atoms with E-state index < -0.39 is 0 Å². The summed E-state index contributed by atoms with van der Waals surface area (Å²) in [5.41, 5.74) is 3.57. The minimum absolute atomic E-state index is 0.00401. The number of carbonyl (C=O) groups excluding carboxylic acids is 1. The normalized spacial score (nSPS) is 22.8. The lowest BCUT2D eigenvalue weighted by atomic mass is 9.88. The Bertz CT molecular complexity index is 1060. The van der Waals surface area contributed by atoms with Gasteiger partial charge in [-0.25, -0.2) is 0 Å². The van der Waals surface area contributed by atoms with Gasteiger partial charge in [-0.1, -0.05) is 24.3 Å². The number of nitrogens with zero attached hydrogens (tertiary/aromatic N) is 3. The van der Waals surface area contributed by atoms with Gasteiger partial charge in [-0.2, -0.15) is 0 Å². The van der Waals surface area contributed by atoms with Crippen LogP contribution in [-0.2, 0) is 23.1 Å². The van der Waals surface area contributed by atoms with Gasteiger partial charge in [0.1, 0.15) is 6.10 Å². The highest BCUT2D eigenvalue weighted by Gasteiger charge is 2.33. The second-order valence-corrected chi connectivity index (χ2v) is 9.16. The summed E-state index contributed by atoms with van der Waals surface area (Å²) in [5, 5.41) is 4.63. The van der Waals surface area contributed by atoms with E-state index in [0.29, 0.717) is 12.5 Å². The van der Waals surface area contributed by atoms with Gasteiger partial charge in [0, 0.05) is 50.0 Å². The summed E-state index contributed by atoms with van der Waals surface area (Å²) in [6.07, 6.45) is 7.71. The third kappa shape index (κ3) is 4.43. The van der Waals surface area contributed by atoms with Crippen LogP contribution in [0.15, 0.2) is 54.9 Å². The molecule has 1 N–H and O–H groups in total. The molecule has 0 unspecified atom stereocenters. The number of pyridine rings is 1. The molecule has 1 aromatic carbocycles. The van der Waals surface area contributed by atoms with Gasteiger partial charge in [0.2, 0.25) is 5.91 Å². The van der Waals surface area contributed by atoms with Crippen LogP contribution in [0.3, 0.4) is 0 Å². The number of carbonyl (C=O) groups is 1. The molecule has 6 nitrogen and oxygen atoms in total. The van der Waals surface area contributed by atoms with Crippen molar-refractivity contribution in [1.29, 1.82) is 0 Å². The van der Waals surface area contributed by atoms with Crippen molar-refractivity contribution >= 4 is 16.8 Å². The van der Waals surface area contributed by atoms with Crippen LogP contribution in [-0.4, -0.2) is 46.2 Å². The Labute approximate surface area is 189 Å². The zero-order chi connectivity index (χ0) is 21.9. The summed E-state index contributed by atoms with van der Waals surface area (Å²) in [6, 6.07) is 14.5. The Morgan fingerprint density at radius 1 is 1.19 bits per heavy atom. The quantitative estimate of drug-likeness (QED) is 0.643. The fraction of sp³-hybridized carbons (Fsp3) is 0.462.